The number of amides is 1. The molecule has 0 saturated heterocycles. The highest BCUT2D eigenvalue weighted by atomic mass is 16.6. The van der Waals surface area contributed by atoms with E-state index in [1.54, 1.807) is 32.9 Å². The van der Waals surface area contributed by atoms with Crippen LogP contribution in [0, 0.1) is 0 Å². The zero-order valence-corrected chi connectivity index (χ0v) is 12.5. The number of alkyl carbamates (subject to hydrolysis) is 1. The lowest BCUT2D eigenvalue weighted by Crippen LogP contribution is -2.32. The zero-order valence-electron chi connectivity index (χ0n) is 12.5. The van der Waals surface area contributed by atoms with Gasteiger partial charge in [-0.1, -0.05) is 12.1 Å². The van der Waals surface area contributed by atoms with E-state index in [1.807, 2.05) is 0 Å². The minimum Gasteiger partial charge on any atom is -0.478 e. The van der Waals surface area contributed by atoms with Gasteiger partial charge in [0.2, 0.25) is 0 Å². The third-order valence-electron chi connectivity index (χ3n) is 2.62. The maximum absolute atomic E-state index is 11.6. The number of aliphatic hydroxyl groups excluding tert-OH is 1. The number of hydrogen-bond donors (Lipinski definition) is 3. The molecule has 0 radical (unpaired) electrons. The molecule has 0 spiro atoms. The molecule has 0 aliphatic carbocycles. The van der Waals surface area contributed by atoms with Crippen LogP contribution in [0.3, 0.4) is 0 Å². The molecule has 1 rings (SSSR count). The first kappa shape index (κ1) is 17.0. The second-order valence-corrected chi connectivity index (χ2v) is 5.63. The number of rotatable bonds is 5. The van der Waals surface area contributed by atoms with E-state index in [2.05, 4.69) is 5.32 Å². The van der Waals surface area contributed by atoms with Crippen LogP contribution in [-0.4, -0.2) is 34.5 Å². The van der Waals surface area contributed by atoms with Crippen molar-refractivity contribution in [2.24, 2.45) is 0 Å². The van der Waals surface area contributed by atoms with Gasteiger partial charge in [-0.3, -0.25) is 0 Å². The molecule has 21 heavy (non-hydrogen) atoms. The molecule has 0 heterocycles. The summed E-state index contributed by atoms with van der Waals surface area (Å²) in [5.74, 6) is -1.04. The SMILES string of the molecule is CC(C)(C)OC(=O)NCc1ccc(C(=O)O)c(CCO)c1. The van der Waals surface area contributed by atoms with Crippen molar-refractivity contribution in [3.63, 3.8) is 0 Å². The molecule has 1 amide bonds. The molecule has 0 saturated carbocycles. The molecule has 0 unspecified atom stereocenters. The fourth-order valence-electron chi connectivity index (χ4n) is 1.78. The third-order valence-corrected chi connectivity index (χ3v) is 2.62. The Bertz CT molecular complexity index is 519. The number of carboxylic acid groups (broad SMARTS) is 1. The van der Waals surface area contributed by atoms with Crippen LogP contribution in [0.5, 0.6) is 0 Å². The summed E-state index contributed by atoms with van der Waals surface area (Å²) in [7, 11) is 0. The van der Waals surface area contributed by atoms with Crippen LogP contribution in [0.15, 0.2) is 18.2 Å². The molecular weight excluding hydrogens is 274 g/mol. The summed E-state index contributed by atoms with van der Waals surface area (Å²) < 4.78 is 5.11. The average molecular weight is 295 g/mol. The maximum Gasteiger partial charge on any atom is 0.407 e. The Morgan fingerprint density at radius 3 is 2.48 bits per heavy atom. The lowest BCUT2D eigenvalue weighted by molar-refractivity contribution is 0.0522. The standard InChI is InChI=1S/C15H21NO5/c1-15(2,3)21-14(20)16-9-10-4-5-12(13(18)19)11(8-10)6-7-17/h4-5,8,17H,6-7,9H2,1-3H3,(H,16,20)(H,18,19). The van der Waals surface area contributed by atoms with Crippen LogP contribution in [-0.2, 0) is 17.7 Å². The molecule has 1 aromatic carbocycles. The molecule has 6 nitrogen and oxygen atoms in total. The zero-order chi connectivity index (χ0) is 16.0. The molecule has 0 fully saturated rings. The van der Waals surface area contributed by atoms with Crippen LogP contribution in [0.4, 0.5) is 4.79 Å². The van der Waals surface area contributed by atoms with Crippen LogP contribution >= 0.6 is 0 Å². The molecule has 0 bridgehead atoms. The molecule has 0 aliphatic heterocycles. The fraction of sp³-hybridized carbons (Fsp3) is 0.467. The van der Waals surface area contributed by atoms with Gasteiger partial charge in [-0.15, -0.1) is 0 Å². The van der Waals surface area contributed by atoms with Crippen molar-refractivity contribution in [1.82, 2.24) is 5.32 Å². The Labute approximate surface area is 123 Å². The second kappa shape index (κ2) is 7.08. The summed E-state index contributed by atoms with van der Waals surface area (Å²) in [6, 6.07) is 4.76. The van der Waals surface area contributed by atoms with Crippen molar-refractivity contribution >= 4 is 12.1 Å². The van der Waals surface area contributed by atoms with Crippen molar-refractivity contribution < 1.29 is 24.5 Å². The summed E-state index contributed by atoms with van der Waals surface area (Å²) in [5.41, 5.74) is 0.868. The third kappa shape index (κ3) is 5.83. The van der Waals surface area contributed by atoms with Crippen LogP contribution in [0.1, 0.15) is 42.3 Å². The van der Waals surface area contributed by atoms with Gasteiger partial charge in [-0.05, 0) is 44.4 Å². The van der Waals surface area contributed by atoms with E-state index in [-0.39, 0.29) is 25.1 Å². The Balaban J connectivity index is 2.74. The summed E-state index contributed by atoms with van der Waals surface area (Å²) in [6.45, 7) is 5.41. The van der Waals surface area contributed by atoms with Crippen molar-refractivity contribution in [3.8, 4) is 0 Å². The summed E-state index contributed by atoms with van der Waals surface area (Å²) >= 11 is 0. The minimum atomic E-state index is -1.04. The predicted molar refractivity (Wildman–Crippen MR) is 77.3 cm³/mol. The topological polar surface area (TPSA) is 95.9 Å². The smallest absolute Gasteiger partial charge is 0.407 e. The van der Waals surface area contributed by atoms with Crippen LogP contribution < -0.4 is 5.32 Å². The number of nitrogens with one attached hydrogen (secondary N) is 1. The minimum absolute atomic E-state index is 0.136. The second-order valence-electron chi connectivity index (χ2n) is 5.63. The predicted octanol–water partition coefficient (Wildman–Crippen LogP) is 1.94. The number of aliphatic hydroxyl groups is 1. The van der Waals surface area contributed by atoms with Crippen molar-refractivity contribution in [2.45, 2.75) is 39.3 Å². The van der Waals surface area contributed by atoms with Crippen LogP contribution in [0.25, 0.3) is 0 Å². The van der Waals surface area contributed by atoms with E-state index in [1.165, 1.54) is 6.07 Å². The first-order chi connectivity index (χ1) is 9.73. The molecule has 116 valence electrons. The molecule has 3 N–H and O–H groups in total. The number of carboxylic acids is 1. The van der Waals surface area contributed by atoms with E-state index in [0.717, 1.165) is 5.56 Å². The van der Waals surface area contributed by atoms with Gasteiger partial charge < -0.3 is 20.3 Å². The van der Waals surface area contributed by atoms with E-state index < -0.39 is 17.7 Å². The van der Waals surface area contributed by atoms with Gasteiger partial charge in [0.05, 0.1) is 5.56 Å². The summed E-state index contributed by atoms with van der Waals surface area (Å²) in [4.78, 5) is 22.6. The van der Waals surface area contributed by atoms with Gasteiger partial charge in [0, 0.05) is 13.2 Å². The van der Waals surface area contributed by atoms with Gasteiger partial charge in [-0.2, -0.15) is 0 Å². The fourth-order valence-corrected chi connectivity index (χ4v) is 1.78. The van der Waals surface area contributed by atoms with Crippen molar-refractivity contribution in [1.29, 1.82) is 0 Å². The lowest BCUT2D eigenvalue weighted by Gasteiger charge is -2.19. The van der Waals surface area contributed by atoms with Gasteiger partial charge in [0.15, 0.2) is 0 Å². The lowest BCUT2D eigenvalue weighted by atomic mass is 10.0. The van der Waals surface area contributed by atoms with Crippen LogP contribution in [0.2, 0.25) is 0 Å². The van der Waals surface area contributed by atoms with Gasteiger partial charge in [0.25, 0.3) is 0 Å². The highest BCUT2D eigenvalue weighted by Gasteiger charge is 2.16. The van der Waals surface area contributed by atoms with E-state index in [4.69, 9.17) is 14.9 Å². The van der Waals surface area contributed by atoms with E-state index in [9.17, 15) is 9.59 Å². The number of ether oxygens (including phenoxy) is 1. The summed E-state index contributed by atoms with van der Waals surface area (Å²) in [5, 5.41) is 20.6. The average Bonchev–Trinajstić information content (AvgIpc) is 2.34. The number of benzene rings is 1. The number of carbonyl (C=O) groups excluding carboxylic acids is 1. The molecule has 1 aromatic rings. The number of aromatic carboxylic acids is 1. The molecule has 0 aromatic heterocycles. The quantitative estimate of drug-likeness (QED) is 0.771. The first-order valence-electron chi connectivity index (χ1n) is 6.66. The molecule has 6 heteroatoms. The maximum atomic E-state index is 11.6. The van der Waals surface area contributed by atoms with Gasteiger partial charge in [-0.25, -0.2) is 9.59 Å². The largest absolute Gasteiger partial charge is 0.478 e. The van der Waals surface area contributed by atoms with Gasteiger partial charge >= 0.3 is 12.1 Å². The normalized spacial score (nSPS) is 11.0. The Morgan fingerprint density at radius 1 is 1.29 bits per heavy atom. The van der Waals surface area contributed by atoms with Gasteiger partial charge in [0.1, 0.15) is 5.60 Å². The molecule has 0 aliphatic rings. The van der Waals surface area contributed by atoms with E-state index >= 15 is 0 Å². The molecular formula is C15H21NO5. The highest BCUT2D eigenvalue weighted by molar-refractivity contribution is 5.89. The number of hydrogen-bond acceptors (Lipinski definition) is 4. The Kier molecular flexibility index (Phi) is 5.72. The summed E-state index contributed by atoms with van der Waals surface area (Å²) in [6.07, 6.45) is -0.282. The monoisotopic (exact) mass is 295 g/mol. The van der Waals surface area contributed by atoms with Crippen molar-refractivity contribution in [3.05, 3.63) is 34.9 Å². The van der Waals surface area contributed by atoms with E-state index in [0.29, 0.717) is 5.56 Å². The first-order valence-corrected chi connectivity index (χ1v) is 6.66. The Morgan fingerprint density at radius 2 is 1.95 bits per heavy atom. The Hall–Kier alpha value is -2.08. The van der Waals surface area contributed by atoms with Crippen molar-refractivity contribution in [2.75, 3.05) is 6.61 Å². The highest BCUT2D eigenvalue weighted by Crippen LogP contribution is 2.14. The number of carbonyl (C=O) groups is 2. The molecule has 0 atom stereocenters.